The maximum atomic E-state index is 14.4. The van der Waals surface area contributed by atoms with Crippen LogP contribution in [0.4, 0.5) is 15.8 Å². The Morgan fingerprint density at radius 1 is 1.19 bits per heavy atom. The summed E-state index contributed by atoms with van der Waals surface area (Å²) in [6.07, 6.45) is -0.375. The molecule has 8 nitrogen and oxygen atoms in total. The second kappa shape index (κ2) is 8.26. The second-order valence-corrected chi connectivity index (χ2v) is 5.79. The molecule has 0 heterocycles. The monoisotopic (exact) mass is 376 g/mol. The summed E-state index contributed by atoms with van der Waals surface area (Å²) in [6, 6.07) is 7.58. The summed E-state index contributed by atoms with van der Waals surface area (Å²) < 4.78 is 24.9. The van der Waals surface area contributed by atoms with Crippen molar-refractivity contribution < 1.29 is 28.4 Å². The Morgan fingerprint density at radius 2 is 1.85 bits per heavy atom. The van der Waals surface area contributed by atoms with Gasteiger partial charge in [0, 0.05) is 13.0 Å². The van der Waals surface area contributed by atoms with Gasteiger partial charge >= 0.3 is 5.97 Å². The Kier molecular flexibility index (Phi) is 6.07. The molecule has 27 heavy (non-hydrogen) atoms. The molecule has 0 bridgehead atoms. The van der Waals surface area contributed by atoms with E-state index in [0.717, 1.165) is 19.1 Å². The number of rotatable bonds is 6. The van der Waals surface area contributed by atoms with E-state index in [1.54, 1.807) is 26.0 Å². The minimum atomic E-state index is -0.948. The van der Waals surface area contributed by atoms with Crippen LogP contribution >= 0.6 is 0 Å². The van der Waals surface area contributed by atoms with Crippen molar-refractivity contribution in [2.45, 2.75) is 26.9 Å². The molecule has 0 aliphatic carbocycles. The predicted molar refractivity (Wildman–Crippen MR) is 94.4 cm³/mol. The minimum Gasteiger partial charge on any atom is -0.459 e. The Balaban J connectivity index is 2.44. The van der Waals surface area contributed by atoms with Gasteiger partial charge in [-0.05, 0) is 26.0 Å². The van der Waals surface area contributed by atoms with Crippen molar-refractivity contribution in [2.24, 2.45) is 0 Å². The molecule has 0 saturated heterocycles. The third kappa shape index (κ3) is 5.00. The van der Waals surface area contributed by atoms with Crippen molar-refractivity contribution in [3.63, 3.8) is 0 Å². The lowest BCUT2D eigenvalue weighted by atomic mass is 10.2. The molecule has 142 valence electrons. The number of amides is 1. The zero-order valence-electron chi connectivity index (χ0n) is 14.8. The third-order valence-electron chi connectivity index (χ3n) is 3.23. The van der Waals surface area contributed by atoms with Gasteiger partial charge in [-0.3, -0.25) is 14.9 Å². The topological polar surface area (TPSA) is 108 Å². The number of nitrogens with zero attached hydrogens (tertiary/aromatic N) is 1. The Labute approximate surface area is 154 Å². The van der Waals surface area contributed by atoms with Gasteiger partial charge in [0.1, 0.15) is 17.0 Å². The summed E-state index contributed by atoms with van der Waals surface area (Å²) in [6.45, 7) is 4.49. The largest absolute Gasteiger partial charge is 0.459 e. The Hall–Kier alpha value is -3.49. The van der Waals surface area contributed by atoms with Crippen molar-refractivity contribution >= 4 is 23.3 Å². The number of carbonyl (C=O) groups excluding carboxylic acids is 2. The van der Waals surface area contributed by atoms with Crippen LogP contribution in [-0.4, -0.2) is 22.9 Å². The molecule has 1 N–H and O–H groups in total. The molecule has 0 aliphatic heterocycles. The van der Waals surface area contributed by atoms with Gasteiger partial charge in [-0.15, -0.1) is 0 Å². The molecule has 0 atom stereocenters. The quantitative estimate of drug-likeness (QED) is 0.463. The zero-order chi connectivity index (χ0) is 20.1. The fraction of sp³-hybridized carbons (Fsp3) is 0.222. The number of nitro groups is 1. The summed E-state index contributed by atoms with van der Waals surface area (Å²) in [4.78, 5) is 33.7. The number of ether oxygens (including phenoxy) is 2. The average molecular weight is 376 g/mol. The number of hydrogen-bond donors (Lipinski definition) is 1. The van der Waals surface area contributed by atoms with Gasteiger partial charge in [-0.25, -0.2) is 9.18 Å². The van der Waals surface area contributed by atoms with Crippen LogP contribution < -0.4 is 10.1 Å². The molecule has 9 heteroatoms. The highest BCUT2D eigenvalue weighted by atomic mass is 19.1. The van der Waals surface area contributed by atoms with E-state index >= 15 is 0 Å². The van der Waals surface area contributed by atoms with Crippen LogP contribution in [0.1, 0.15) is 31.1 Å². The molecule has 1 amide bonds. The van der Waals surface area contributed by atoms with Gasteiger partial charge in [-0.1, -0.05) is 12.1 Å². The van der Waals surface area contributed by atoms with Crippen LogP contribution in [0.15, 0.2) is 36.4 Å². The van der Waals surface area contributed by atoms with Gasteiger partial charge < -0.3 is 14.8 Å². The minimum absolute atomic E-state index is 0.0244. The van der Waals surface area contributed by atoms with Crippen LogP contribution in [0.25, 0.3) is 0 Å². The molecule has 0 aliphatic rings. The van der Waals surface area contributed by atoms with Gasteiger partial charge in [0.05, 0.1) is 17.1 Å². The summed E-state index contributed by atoms with van der Waals surface area (Å²) >= 11 is 0. The first-order valence-electron chi connectivity index (χ1n) is 7.92. The van der Waals surface area contributed by atoms with Crippen LogP contribution in [0.3, 0.4) is 0 Å². The van der Waals surface area contributed by atoms with E-state index < -0.39 is 34.1 Å². The summed E-state index contributed by atoms with van der Waals surface area (Å²) in [5.74, 6) is -2.71. The first-order chi connectivity index (χ1) is 12.7. The molecule has 0 aromatic heterocycles. The number of nitrogens with one attached hydrogen (secondary N) is 1. The zero-order valence-corrected chi connectivity index (χ0v) is 14.8. The van der Waals surface area contributed by atoms with Crippen LogP contribution in [0.2, 0.25) is 0 Å². The number of benzene rings is 2. The number of carbonyl (C=O) groups is 2. The van der Waals surface area contributed by atoms with Crippen molar-refractivity contribution in [3.05, 3.63) is 57.9 Å². The fourth-order valence-corrected chi connectivity index (χ4v) is 2.18. The van der Waals surface area contributed by atoms with Crippen molar-refractivity contribution in [1.29, 1.82) is 0 Å². The summed E-state index contributed by atoms with van der Waals surface area (Å²) in [5, 5.41) is 13.4. The smallest absolute Gasteiger partial charge is 0.342 e. The van der Waals surface area contributed by atoms with Crippen molar-refractivity contribution in [2.75, 3.05) is 5.32 Å². The first-order valence-corrected chi connectivity index (χ1v) is 7.92. The van der Waals surface area contributed by atoms with E-state index in [4.69, 9.17) is 9.47 Å². The number of para-hydroxylation sites is 1. The fourth-order valence-electron chi connectivity index (χ4n) is 2.18. The third-order valence-corrected chi connectivity index (χ3v) is 3.23. The van der Waals surface area contributed by atoms with Crippen LogP contribution in [0.5, 0.6) is 11.5 Å². The van der Waals surface area contributed by atoms with Gasteiger partial charge in [0.25, 0.3) is 5.69 Å². The SMILES string of the molecule is CC(=O)Nc1cc(F)c(Oc2ccccc2C(=O)OC(C)C)cc1[N+](=O)[O-]. The standard InChI is InChI=1S/C18H17FN2O6/c1-10(2)26-18(23)12-6-4-5-7-16(12)27-17-9-15(21(24)25)14(8-13(17)19)20-11(3)22/h4-10H,1-3H3,(H,20,22). The molecule has 0 radical (unpaired) electrons. The van der Waals surface area contributed by atoms with E-state index in [1.165, 1.54) is 12.1 Å². The highest BCUT2D eigenvalue weighted by Gasteiger charge is 2.22. The molecule has 0 saturated carbocycles. The normalized spacial score (nSPS) is 10.4. The van der Waals surface area contributed by atoms with E-state index in [-0.39, 0.29) is 23.1 Å². The lowest BCUT2D eigenvalue weighted by Crippen LogP contribution is -2.12. The molecule has 0 spiro atoms. The molecule has 2 rings (SSSR count). The molecular formula is C18H17FN2O6. The maximum absolute atomic E-state index is 14.4. The highest BCUT2D eigenvalue weighted by Crippen LogP contribution is 2.35. The number of nitro benzene ring substituents is 1. The summed E-state index contributed by atoms with van der Waals surface area (Å²) in [5.41, 5.74) is -0.812. The summed E-state index contributed by atoms with van der Waals surface area (Å²) in [7, 11) is 0. The second-order valence-electron chi connectivity index (χ2n) is 5.79. The molecule has 0 unspecified atom stereocenters. The van der Waals surface area contributed by atoms with Gasteiger partial charge in [0.15, 0.2) is 11.6 Å². The molecule has 2 aromatic rings. The Bertz CT molecular complexity index is 897. The number of anilines is 1. The predicted octanol–water partition coefficient (Wildman–Crippen LogP) is 4.05. The highest BCUT2D eigenvalue weighted by molar-refractivity contribution is 5.93. The van der Waals surface area contributed by atoms with Crippen molar-refractivity contribution in [3.8, 4) is 11.5 Å². The first kappa shape index (κ1) is 19.8. The van der Waals surface area contributed by atoms with Crippen LogP contribution in [0, 0.1) is 15.9 Å². The average Bonchev–Trinajstić information content (AvgIpc) is 2.56. The van der Waals surface area contributed by atoms with E-state index in [1.807, 2.05) is 0 Å². The van der Waals surface area contributed by atoms with Crippen LogP contribution in [-0.2, 0) is 9.53 Å². The molecular weight excluding hydrogens is 359 g/mol. The van der Waals surface area contributed by atoms with E-state index in [0.29, 0.717) is 0 Å². The van der Waals surface area contributed by atoms with Crippen molar-refractivity contribution in [1.82, 2.24) is 0 Å². The lowest BCUT2D eigenvalue weighted by Gasteiger charge is -2.13. The Morgan fingerprint density at radius 3 is 2.44 bits per heavy atom. The lowest BCUT2D eigenvalue weighted by molar-refractivity contribution is -0.384. The van der Waals surface area contributed by atoms with E-state index in [9.17, 15) is 24.1 Å². The van der Waals surface area contributed by atoms with Gasteiger partial charge in [0.2, 0.25) is 5.91 Å². The van der Waals surface area contributed by atoms with Gasteiger partial charge in [-0.2, -0.15) is 0 Å². The molecule has 2 aromatic carbocycles. The van der Waals surface area contributed by atoms with E-state index in [2.05, 4.69) is 5.32 Å². The maximum Gasteiger partial charge on any atom is 0.342 e. The number of halogens is 1. The number of hydrogen-bond acceptors (Lipinski definition) is 6. The number of esters is 1. The molecule has 0 fully saturated rings.